The van der Waals surface area contributed by atoms with Crippen LogP contribution in [0.5, 0.6) is 0 Å². The van der Waals surface area contributed by atoms with Crippen molar-refractivity contribution in [3.63, 3.8) is 0 Å². The second-order valence-electron chi connectivity index (χ2n) is 4.13. The van der Waals surface area contributed by atoms with Crippen LogP contribution in [0.3, 0.4) is 0 Å². The summed E-state index contributed by atoms with van der Waals surface area (Å²) in [5.74, 6) is 0. The molecule has 0 aliphatic carbocycles. The number of anilines is 1. The van der Waals surface area contributed by atoms with E-state index in [-0.39, 0.29) is 0 Å². The Morgan fingerprint density at radius 3 is 2.83 bits per heavy atom. The largest absolute Gasteiger partial charge is 0.385 e. The van der Waals surface area contributed by atoms with Gasteiger partial charge in [-0.25, -0.2) is 0 Å². The Morgan fingerprint density at radius 2 is 2.11 bits per heavy atom. The van der Waals surface area contributed by atoms with E-state index >= 15 is 0 Å². The lowest BCUT2D eigenvalue weighted by Gasteiger charge is -2.13. The van der Waals surface area contributed by atoms with E-state index in [1.54, 1.807) is 7.11 Å². The Hall–Kier alpha value is -1.13. The molecule has 1 aromatic carbocycles. The minimum absolute atomic E-state index is 0.676. The zero-order valence-electron chi connectivity index (χ0n) is 11.2. The molecule has 0 fully saturated rings. The number of para-hydroxylation sites is 1. The van der Waals surface area contributed by atoms with Crippen LogP contribution < -0.4 is 10.6 Å². The fraction of sp³-hybridized carbons (Fsp3) is 0.500. The molecule has 0 radical (unpaired) electrons. The quantitative estimate of drug-likeness (QED) is 0.587. The topological polar surface area (TPSA) is 33.3 Å². The minimum Gasteiger partial charge on any atom is -0.385 e. The summed E-state index contributed by atoms with van der Waals surface area (Å²) in [6.07, 6.45) is 3.15. The van der Waals surface area contributed by atoms with E-state index in [1.165, 1.54) is 5.56 Å². The Bertz CT molecular complexity index is 369. The fourth-order valence-corrected chi connectivity index (χ4v) is 1.93. The number of hydrogen-bond acceptors (Lipinski definition) is 2. The molecular formula is C14H22N2OS. The van der Waals surface area contributed by atoms with Crippen molar-refractivity contribution in [1.29, 1.82) is 0 Å². The molecule has 100 valence electrons. The summed E-state index contributed by atoms with van der Waals surface area (Å²) in [5.41, 5.74) is 2.41. The summed E-state index contributed by atoms with van der Waals surface area (Å²) < 4.78 is 4.99. The number of thiocarbonyl (C=S) groups is 1. The molecule has 0 atom stereocenters. The highest BCUT2D eigenvalue weighted by Gasteiger charge is 2.02. The molecule has 3 nitrogen and oxygen atoms in total. The molecule has 0 aliphatic heterocycles. The number of ether oxygens (including phenoxy) is 1. The van der Waals surface area contributed by atoms with Gasteiger partial charge in [0.2, 0.25) is 0 Å². The van der Waals surface area contributed by atoms with Gasteiger partial charge in [-0.1, -0.05) is 31.5 Å². The Balaban J connectivity index is 2.43. The summed E-state index contributed by atoms with van der Waals surface area (Å²) in [7, 11) is 1.71. The predicted molar refractivity (Wildman–Crippen MR) is 81.2 cm³/mol. The SMILES string of the molecule is CCCc1ccccc1NC(=S)NCCCOC. The lowest BCUT2D eigenvalue weighted by molar-refractivity contribution is 0.196. The van der Waals surface area contributed by atoms with E-state index in [9.17, 15) is 0 Å². The number of methoxy groups -OCH3 is 1. The van der Waals surface area contributed by atoms with Crippen molar-refractivity contribution < 1.29 is 4.74 Å². The maximum Gasteiger partial charge on any atom is 0.170 e. The third-order valence-corrected chi connectivity index (χ3v) is 2.84. The maximum atomic E-state index is 5.27. The first-order valence-electron chi connectivity index (χ1n) is 6.39. The number of nitrogens with one attached hydrogen (secondary N) is 2. The minimum atomic E-state index is 0.676. The molecule has 4 heteroatoms. The molecule has 18 heavy (non-hydrogen) atoms. The summed E-state index contributed by atoms with van der Waals surface area (Å²) in [6, 6.07) is 8.29. The zero-order valence-corrected chi connectivity index (χ0v) is 12.0. The van der Waals surface area contributed by atoms with E-state index in [4.69, 9.17) is 17.0 Å². The molecule has 0 spiro atoms. The summed E-state index contributed by atoms with van der Waals surface area (Å²) >= 11 is 5.27. The van der Waals surface area contributed by atoms with Gasteiger partial charge in [0.25, 0.3) is 0 Å². The third kappa shape index (κ3) is 5.47. The van der Waals surface area contributed by atoms with Crippen molar-refractivity contribution in [3.8, 4) is 0 Å². The van der Waals surface area contributed by atoms with Crippen molar-refractivity contribution in [2.75, 3.05) is 25.6 Å². The van der Waals surface area contributed by atoms with E-state index < -0.39 is 0 Å². The predicted octanol–water partition coefficient (Wildman–Crippen LogP) is 2.96. The van der Waals surface area contributed by atoms with Gasteiger partial charge in [0.15, 0.2) is 5.11 Å². The highest BCUT2D eigenvalue weighted by molar-refractivity contribution is 7.80. The number of hydrogen-bond donors (Lipinski definition) is 2. The average molecular weight is 266 g/mol. The fourth-order valence-electron chi connectivity index (χ4n) is 1.71. The maximum absolute atomic E-state index is 5.27. The number of rotatable bonds is 7. The summed E-state index contributed by atoms with van der Waals surface area (Å²) in [6.45, 7) is 3.76. The average Bonchev–Trinajstić information content (AvgIpc) is 2.37. The first-order valence-corrected chi connectivity index (χ1v) is 6.80. The monoisotopic (exact) mass is 266 g/mol. The molecule has 1 aromatic rings. The van der Waals surface area contributed by atoms with Gasteiger partial charge < -0.3 is 15.4 Å². The molecule has 0 aliphatic rings. The molecule has 2 N–H and O–H groups in total. The van der Waals surface area contributed by atoms with Crippen molar-refractivity contribution in [3.05, 3.63) is 29.8 Å². The Labute approximate surface area is 115 Å². The second kappa shape index (κ2) is 8.89. The molecular weight excluding hydrogens is 244 g/mol. The molecule has 0 heterocycles. The molecule has 0 amide bonds. The van der Waals surface area contributed by atoms with Crippen LogP contribution in [0.15, 0.2) is 24.3 Å². The van der Waals surface area contributed by atoms with Gasteiger partial charge in [-0.2, -0.15) is 0 Å². The lowest BCUT2D eigenvalue weighted by atomic mass is 10.1. The van der Waals surface area contributed by atoms with Gasteiger partial charge in [0, 0.05) is 25.9 Å². The van der Waals surface area contributed by atoms with E-state index in [2.05, 4.69) is 35.8 Å². The van der Waals surface area contributed by atoms with Crippen LogP contribution in [0.1, 0.15) is 25.3 Å². The van der Waals surface area contributed by atoms with Gasteiger partial charge in [-0.3, -0.25) is 0 Å². The smallest absolute Gasteiger partial charge is 0.170 e. The lowest BCUT2D eigenvalue weighted by Crippen LogP contribution is -2.30. The number of benzene rings is 1. The van der Waals surface area contributed by atoms with E-state index in [1.807, 2.05) is 6.07 Å². The van der Waals surface area contributed by atoms with Crippen molar-refractivity contribution >= 4 is 23.0 Å². The van der Waals surface area contributed by atoms with Gasteiger partial charge >= 0.3 is 0 Å². The zero-order chi connectivity index (χ0) is 13.2. The van der Waals surface area contributed by atoms with E-state index in [0.717, 1.165) is 38.1 Å². The Morgan fingerprint density at radius 1 is 1.33 bits per heavy atom. The van der Waals surface area contributed by atoms with Crippen molar-refractivity contribution in [1.82, 2.24) is 5.32 Å². The van der Waals surface area contributed by atoms with Crippen LogP contribution in [0.2, 0.25) is 0 Å². The molecule has 0 saturated heterocycles. The van der Waals surface area contributed by atoms with Crippen LogP contribution in [0.4, 0.5) is 5.69 Å². The molecule has 0 unspecified atom stereocenters. The normalized spacial score (nSPS) is 10.1. The molecule has 1 rings (SSSR count). The first kappa shape index (κ1) is 14.9. The van der Waals surface area contributed by atoms with Gasteiger partial charge in [-0.05, 0) is 36.7 Å². The van der Waals surface area contributed by atoms with Crippen LogP contribution in [-0.2, 0) is 11.2 Å². The molecule has 0 aromatic heterocycles. The summed E-state index contributed by atoms with van der Waals surface area (Å²) in [4.78, 5) is 0. The van der Waals surface area contributed by atoms with Crippen molar-refractivity contribution in [2.24, 2.45) is 0 Å². The molecule has 0 bridgehead atoms. The first-order chi connectivity index (χ1) is 8.77. The summed E-state index contributed by atoms with van der Waals surface area (Å²) in [5, 5.41) is 7.10. The standard InChI is InChI=1S/C14H22N2OS/c1-3-7-12-8-4-5-9-13(12)16-14(18)15-10-6-11-17-2/h4-5,8-9H,3,6-7,10-11H2,1-2H3,(H2,15,16,18). The van der Waals surface area contributed by atoms with Crippen molar-refractivity contribution in [2.45, 2.75) is 26.2 Å². The third-order valence-electron chi connectivity index (χ3n) is 2.60. The Kier molecular flexibility index (Phi) is 7.37. The van der Waals surface area contributed by atoms with Crippen LogP contribution in [-0.4, -0.2) is 25.4 Å². The van der Waals surface area contributed by atoms with Gasteiger partial charge in [0.05, 0.1) is 0 Å². The van der Waals surface area contributed by atoms with Crippen LogP contribution in [0, 0.1) is 0 Å². The van der Waals surface area contributed by atoms with E-state index in [0.29, 0.717) is 5.11 Å². The highest BCUT2D eigenvalue weighted by atomic mass is 32.1. The number of aryl methyl sites for hydroxylation is 1. The van der Waals surface area contributed by atoms with Crippen LogP contribution in [0.25, 0.3) is 0 Å². The second-order valence-corrected chi connectivity index (χ2v) is 4.54. The molecule has 0 saturated carbocycles. The van der Waals surface area contributed by atoms with Crippen LogP contribution >= 0.6 is 12.2 Å². The highest BCUT2D eigenvalue weighted by Crippen LogP contribution is 2.16. The van der Waals surface area contributed by atoms with Gasteiger partial charge in [0.1, 0.15) is 0 Å². The van der Waals surface area contributed by atoms with Gasteiger partial charge in [-0.15, -0.1) is 0 Å².